The van der Waals surface area contributed by atoms with Crippen molar-refractivity contribution in [3.8, 4) is 0 Å². The van der Waals surface area contributed by atoms with Crippen LogP contribution in [0.5, 0.6) is 0 Å². The summed E-state index contributed by atoms with van der Waals surface area (Å²) in [5.74, 6) is 0. The highest BCUT2D eigenvalue weighted by Gasteiger charge is 2.25. The number of nitrogens with one attached hydrogen (secondary N) is 1. The van der Waals surface area contributed by atoms with Gasteiger partial charge in [0.1, 0.15) is 0 Å². The van der Waals surface area contributed by atoms with E-state index in [0.29, 0.717) is 6.54 Å². The van der Waals surface area contributed by atoms with Crippen molar-refractivity contribution in [1.29, 1.82) is 0 Å². The van der Waals surface area contributed by atoms with Gasteiger partial charge in [-0.1, -0.05) is 0 Å². The average Bonchev–Trinajstić information content (AvgIpc) is 2.71. The first-order valence-electron chi connectivity index (χ1n) is 6.96. The fourth-order valence-electron chi connectivity index (χ4n) is 1.93. The molecule has 0 saturated heterocycles. The second-order valence-corrected chi connectivity index (χ2v) is 7.47. The molecular formula is C15H26N2O2S. The van der Waals surface area contributed by atoms with Gasteiger partial charge in [0.05, 0.1) is 18.2 Å². The Morgan fingerprint density at radius 3 is 2.40 bits per heavy atom. The number of carbonyl (C=O) groups is 1. The molecule has 1 heterocycles. The molecule has 1 atom stereocenters. The smallest absolute Gasteiger partial charge is 0.318 e. The SMILES string of the molecule is Cc1ccc([C@@H](C)NC(=O)N(CC(C)(C)O)C(C)C)s1. The summed E-state index contributed by atoms with van der Waals surface area (Å²) in [4.78, 5) is 16.4. The summed E-state index contributed by atoms with van der Waals surface area (Å²) >= 11 is 1.69. The van der Waals surface area contributed by atoms with E-state index in [0.717, 1.165) is 4.88 Å². The Labute approximate surface area is 125 Å². The Morgan fingerprint density at radius 1 is 1.40 bits per heavy atom. The zero-order chi connectivity index (χ0) is 15.5. The lowest BCUT2D eigenvalue weighted by atomic mass is 10.1. The van der Waals surface area contributed by atoms with Crippen LogP contribution in [-0.4, -0.2) is 34.2 Å². The summed E-state index contributed by atoms with van der Waals surface area (Å²) in [5, 5.41) is 12.9. The van der Waals surface area contributed by atoms with Gasteiger partial charge in [-0.05, 0) is 53.7 Å². The molecule has 1 aromatic rings. The first kappa shape index (κ1) is 17.0. The zero-order valence-corrected chi connectivity index (χ0v) is 14.0. The van der Waals surface area contributed by atoms with E-state index in [4.69, 9.17) is 0 Å². The Kier molecular flexibility index (Phi) is 5.59. The molecule has 1 aromatic heterocycles. The summed E-state index contributed by atoms with van der Waals surface area (Å²) < 4.78 is 0. The van der Waals surface area contributed by atoms with Crippen molar-refractivity contribution >= 4 is 17.4 Å². The van der Waals surface area contributed by atoms with Gasteiger partial charge in [-0.15, -0.1) is 11.3 Å². The lowest BCUT2D eigenvalue weighted by Crippen LogP contribution is -2.50. The normalized spacial score (nSPS) is 13.4. The molecule has 0 aromatic carbocycles. The molecular weight excluding hydrogens is 272 g/mol. The van der Waals surface area contributed by atoms with Crippen LogP contribution in [0.25, 0.3) is 0 Å². The van der Waals surface area contributed by atoms with Crippen LogP contribution in [0.4, 0.5) is 4.79 Å². The summed E-state index contributed by atoms with van der Waals surface area (Å²) in [6.07, 6.45) is 0. The molecule has 4 nitrogen and oxygen atoms in total. The molecule has 0 unspecified atom stereocenters. The van der Waals surface area contributed by atoms with Crippen molar-refractivity contribution < 1.29 is 9.90 Å². The van der Waals surface area contributed by atoms with Crippen LogP contribution in [0.2, 0.25) is 0 Å². The zero-order valence-electron chi connectivity index (χ0n) is 13.2. The maximum absolute atomic E-state index is 12.4. The Hall–Kier alpha value is -1.07. The molecule has 0 fully saturated rings. The van der Waals surface area contributed by atoms with E-state index in [1.165, 1.54) is 4.88 Å². The first-order chi connectivity index (χ1) is 9.10. The summed E-state index contributed by atoms with van der Waals surface area (Å²) in [6.45, 7) is 11.7. The van der Waals surface area contributed by atoms with E-state index >= 15 is 0 Å². The second-order valence-electron chi connectivity index (χ2n) is 6.15. The van der Waals surface area contributed by atoms with Crippen molar-refractivity contribution in [3.63, 3.8) is 0 Å². The van der Waals surface area contributed by atoms with Gasteiger partial charge < -0.3 is 15.3 Å². The molecule has 20 heavy (non-hydrogen) atoms. The van der Waals surface area contributed by atoms with Crippen LogP contribution in [0, 0.1) is 6.92 Å². The van der Waals surface area contributed by atoms with Crippen LogP contribution in [0.3, 0.4) is 0 Å². The molecule has 0 aliphatic heterocycles. The van der Waals surface area contributed by atoms with E-state index in [-0.39, 0.29) is 18.1 Å². The van der Waals surface area contributed by atoms with E-state index in [1.807, 2.05) is 26.8 Å². The van der Waals surface area contributed by atoms with Crippen molar-refractivity contribution in [2.75, 3.05) is 6.54 Å². The van der Waals surface area contributed by atoms with Crippen LogP contribution >= 0.6 is 11.3 Å². The highest BCUT2D eigenvalue weighted by Crippen LogP contribution is 2.22. The van der Waals surface area contributed by atoms with Crippen LogP contribution in [0.15, 0.2) is 12.1 Å². The van der Waals surface area contributed by atoms with E-state index in [1.54, 1.807) is 30.1 Å². The molecule has 0 aliphatic carbocycles. The van der Waals surface area contributed by atoms with Crippen molar-refractivity contribution in [3.05, 3.63) is 21.9 Å². The number of rotatable bonds is 5. The minimum absolute atomic E-state index is 0.0238. The quantitative estimate of drug-likeness (QED) is 0.876. The van der Waals surface area contributed by atoms with Crippen LogP contribution in [-0.2, 0) is 0 Å². The summed E-state index contributed by atoms with van der Waals surface area (Å²) in [5.41, 5.74) is -0.898. The van der Waals surface area contributed by atoms with Gasteiger partial charge in [0.25, 0.3) is 0 Å². The van der Waals surface area contributed by atoms with Gasteiger partial charge >= 0.3 is 6.03 Å². The average molecular weight is 298 g/mol. The lowest BCUT2D eigenvalue weighted by molar-refractivity contribution is 0.0383. The molecule has 0 saturated carbocycles. The third-order valence-corrected chi connectivity index (χ3v) is 4.15. The maximum atomic E-state index is 12.4. The number of hydrogen-bond acceptors (Lipinski definition) is 3. The van der Waals surface area contributed by atoms with Crippen LogP contribution in [0.1, 0.15) is 50.4 Å². The number of amides is 2. The second kappa shape index (κ2) is 6.59. The van der Waals surface area contributed by atoms with Gasteiger partial charge in [0.15, 0.2) is 0 Å². The fraction of sp³-hybridized carbons (Fsp3) is 0.667. The van der Waals surface area contributed by atoms with Gasteiger partial charge in [0, 0.05) is 15.8 Å². The number of aliphatic hydroxyl groups is 1. The van der Waals surface area contributed by atoms with Crippen molar-refractivity contribution in [2.45, 2.75) is 59.2 Å². The largest absolute Gasteiger partial charge is 0.389 e. The molecule has 0 bridgehead atoms. The third kappa shape index (κ3) is 5.13. The molecule has 1 rings (SSSR count). The molecule has 0 radical (unpaired) electrons. The van der Waals surface area contributed by atoms with Gasteiger partial charge in [0.2, 0.25) is 0 Å². The van der Waals surface area contributed by atoms with E-state index < -0.39 is 5.60 Å². The highest BCUT2D eigenvalue weighted by atomic mass is 32.1. The Bertz CT molecular complexity index is 449. The minimum atomic E-state index is -0.898. The Balaban J connectivity index is 2.71. The molecule has 5 heteroatoms. The van der Waals surface area contributed by atoms with Gasteiger partial charge in [-0.3, -0.25) is 0 Å². The summed E-state index contributed by atoms with van der Waals surface area (Å²) in [7, 11) is 0. The number of aryl methyl sites for hydroxylation is 1. The number of hydrogen-bond donors (Lipinski definition) is 2. The fourth-order valence-corrected chi connectivity index (χ4v) is 2.81. The van der Waals surface area contributed by atoms with Crippen LogP contribution < -0.4 is 5.32 Å². The first-order valence-corrected chi connectivity index (χ1v) is 7.77. The number of carbonyl (C=O) groups excluding carboxylic acids is 1. The third-order valence-electron chi connectivity index (χ3n) is 2.97. The lowest BCUT2D eigenvalue weighted by Gasteiger charge is -2.33. The molecule has 2 N–H and O–H groups in total. The monoisotopic (exact) mass is 298 g/mol. The summed E-state index contributed by atoms with van der Waals surface area (Å²) in [6, 6.07) is 3.98. The maximum Gasteiger partial charge on any atom is 0.318 e. The Morgan fingerprint density at radius 2 is 2.00 bits per heavy atom. The molecule has 0 spiro atoms. The number of nitrogens with zero attached hydrogens (tertiary/aromatic N) is 1. The predicted octanol–water partition coefficient (Wildman–Crippen LogP) is 3.31. The topological polar surface area (TPSA) is 52.6 Å². The van der Waals surface area contributed by atoms with Gasteiger partial charge in [-0.2, -0.15) is 0 Å². The van der Waals surface area contributed by atoms with E-state index in [2.05, 4.69) is 18.3 Å². The molecule has 0 aliphatic rings. The van der Waals surface area contributed by atoms with Crippen molar-refractivity contribution in [2.24, 2.45) is 0 Å². The predicted molar refractivity (Wildman–Crippen MR) is 84.1 cm³/mol. The van der Waals surface area contributed by atoms with E-state index in [9.17, 15) is 9.90 Å². The number of urea groups is 1. The standard InChI is InChI=1S/C15H26N2O2S/c1-10(2)17(9-15(5,6)19)14(18)16-12(4)13-8-7-11(3)20-13/h7-8,10,12,19H,9H2,1-6H3,(H,16,18)/t12-/m1/s1. The van der Waals surface area contributed by atoms with Gasteiger partial charge in [-0.25, -0.2) is 4.79 Å². The van der Waals surface area contributed by atoms with Crippen molar-refractivity contribution in [1.82, 2.24) is 10.2 Å². The number of thiophene rings is 1. The molecule has 114 valence electrons. The highest BCUT2D eigenvalue weighted by molar-refractivity contribution is 7.12. The molecule has 2 amide bonds. The minimum Gasteiger partial charge on any atom is -0.389 e.